The predicted octanol–water partition coefficient (Wildman–Crippen LogP) is 3.21. The van der Waals surface area contributed by atoms with Gasteiger partial charge in [-0.1, -0.05) is 0 Å². The summed E-state index contributed by atoms with van der Waals surface area (Å²) in [4.78, 5) is 191. The fraction of sp³-hybridized carbons (Fsp3) is 0.765. The van der Waals surface area contributed by atoms with Crippen LogP contribution in [0.5, 0.6) is 0 Å². The van der Waals surface area contributed by atoms with Gasteiger partial charge in [-0.05, 0) is 97.4 Å². The normalized spacial score (nSPS) is 21.2. The van der Waals surface area contributed by atoms with Gasteiger partial charge in [0.1, 0.15) is 90.8 Å². The number of rotatable bonds is 76. The van der Waals surface area contributed by atoms with Gasteiger partial charge in [0, 0.05) is 46.2 Å². The Balaban J connectivity index is 3.28. The summed E-state index contributed by atoms with van der Waals surface area (Å²) < 4.78 is 73.1. The number of aliphatic carboxylic acids is 16. The minimum Gasteiger partial charge on any atom is -0.481 e. The molecule has 18 atom stereocenters. The van der Waals surface area contributed by atoms with Crippen molar-refractivity contribution in [3.05, 3.63) is 0 Å². The first-order valence-electron chi connectivity index (χ1n) is 36.6. The molecule has 0 spiro atoms. The van der Waals surface area contributed by atoms with Gasteiger partial charge in [0.15, 0.2) is 12.6 Å². The number of carboxylic acid groups (broad SMARTS) is 16. The lowest BCUT2D eigenvalue weighted by Crippen LogP contribution is -2.66. The smallest absolute Gasteiger partial charge is 0.317 e. The minimum atomic E-state index is -1.92. The van der Waals surface area contributed by atoms with Crippen molar-refractivity contribution in [2.45, 2.75) is 206 Å². The van der Waals surface area contributed by atoms with Gasteiger partial charge < -0.3 is 134 Å². The summed E-state index contributed by atoms with van der Waals surface area (Å²) >= 11 is 5.99. The van der Waals surface area contributed by atoms with Gasteiger partial charge >= 0.3 is 95.5 Å². The van der Waals surface area contributed by atoms with Crippen molar-refractivity contribution in [2.75, 3.05) is 112 Å². The van der Waals surface area contributed by atoms with Crippen LogP contribution in [0.4, 0.5) is 0 Å². The molecule has 0 aromatic carbocycles. The lowest BCUT2D eigenvalue weighted by Gasteiger charge is -2.50. The Morgan fingerprint density at radius 3 is 0.647 bits per heavy atom. The second-order valence-electron chi connectivity index (χ2n) is 25.6. The summed E-state index contributed by atoms with van der Waals surface area (Å²) in [7, 11) is 0. The fourth-order valence-electron chi connectivity index (χ4n) is 10.7. The SMILES string of the molecule is O=C(O)CC(SCCCOC[C@H]1O[C@@H](O[C@H]2[C@H](OCCCSC(CC(=O)O)C(=O)O)[C@@H](OCCCSC(CC(=O)O)C(=O)O)[C@@H](OCCCSC(CC(=O)O)C(=O)O)O[C@@H]2COCCCSC(CC(=O)O)C(=O)O)[C@H](OCCCSC(CC(=O)O)C(=O)O)[C@@H](OCCCSC(CC(=O)O)C(=O)O)[C@@H]1OCCCSC(CC(=O)O)C(=O)O)C(=O)O. The Labute approximate surface area is 714 Å². The van der Waals surface area contributed by atoms with Crippen molar-refractivity contribution in [2.24, 2.45) is 0 Å². The van der Waals surface area contributed by atoms with Crippen molar-refractivity contribution < 1.29 is 211 Å². The van der Waals surface area contributed by atoms with Crippen LogP contribution in [0.3, 0.4) is 0 Å². The van der Waals surface area contributed by atoms with Crippen LogP contribution in [-0.2, 0) is 129 Å². The Morgan fingerprint density at radius 1 is 0.227 bits per heavy atom. The molecule has 2 rings (SSSR count). The van der Waals surface area contributed by atoms with E-state index in [0.29, 0.717) is 0 Å². The molecule has 43 nitrogen and oxygen atoms in total. The van der Waals surface area contributed by atoms with Crippen molar-refractivity contribution in [3.8, 4) is 0 Å². The maximum atomic E-state index is 12.3. The summed E-state index contributed by atoms with van der Waals surface area (Å²) in [6.45, 7) is -3.83. The highest BCUT2D eigenvalue weighted by Gasteiger charge is 2.55. The molecule has 16 N–H and O–H groups in total. The third kappa shape index (κ3) is 47.9. The molecule has 2 aliphatic rings. The van der Waals surface area contributed by atoms with Gasteiger partial charge in [0.25, 0.3) is 0 Å². The maximum absolute atomic E-state index is 12.3. The van der Waals surface area contributed by atoms with Crippen LogP contribution in [0.1, 0.15) is 103 Å². The van der Waals surface area contributed by atoms with E-state index < -0.39 is 277 Å². The van der Waals surface area contributed by atoms with Crippen molar-refractivity contribution in [1.82, 2.24) is 0 Å². The van der Waals surface area contributed by atoms with Crippen LogP contribution >= 0.6 is 94.1 Å². The van der Waals surface area contributed by atoms with E-state index in [1.807, 2.05) is 0 Å². The molecule has 0 amide bonds. The largest absolute Gasteiger partial charge is 0.481 e. The number of carbonyl (C=O) groups is 16. The molecule has 0 saturated carbocycles. The van der Waals surface area contributed by atoms with E-state index in [1.54, 1.807) is 0 Å². The highest BCUT2D eigenvalue weighted by molar-refractivity contribution is 8.02. The van der Waals surface area contributed by atoms with Gasteiger partial charge in [-0.3, -0.25) is 76.7 Å². The summed E-state index contributed by atoms with van der Waals surface area (Å²) in [6.07, 6.45) is -22.9. The van der Waals surface area contributed by atoms with Crippen molar-refractivity contribution in [1.29, 1.82) is 0 Å². The van der Waals surface area contributed by atoms with E-state index in [4.69, 9.17) is 52.1 Å². The Morgan fingerprint density at radius 2 is 0.412 bits per heavy atom. The lowest BCUT2D eigenvalue weighted by atomic mass is 9.96. The summed E-state index contributed by atoms with van der Waals surface area (Å²) in [5, 5.41) is 143. The van der Waals surface area contributed by atoms with Gasteiger partial charge in [-0.25, -0.2) is 0 Å². The highest BCUT2D eigenvalue weighted by Crippen LogP contribution is 2.37. The Bertz CT molecular complexity index is 3200. The number of hydrogen-bond acceptors (Lipinski definition) is 35. The number of hydrogen-bond donors (Lipinski definition) is 16. The van der Waals surface area contributed by atoms with Gasteiger partial charge in [-0.2, -0.15) is 0 Å². The first-order chi connectivity index (χ1) is 56.3. The van der Waals surface area contributed by atoms with E-state index in [2.05, 4.69) is 0 Å². The third-order valence-electron chi connectivity index (χ3n) is 16.1. The molecule has 0 aliphatic carbocycles. The molecular weight excluding hydrogens is 1760 g/mol. The summed E-state index contributed by atoms with van der Waals surface area (Å²) in [5.41, 5.74) is 0. The average Bonchev–Trinajstić information content (AvgIpc) is 0.768. The Hall–Kier alpha value is -6.12. The maximum Gasteiger partial charge on any atom is 0.317 e. The van der Waals surface area contributed by atoms with E-state index in [9.17, 15) is 158 Å². The topological polar surface area (TPSA) is 698 Å². The molecule has 2 aliphatic heterocycles. The second-order valence-corrected chi connectivity index (χ2v) is 36.1. The molecule has 2 saturated heterocycles. The van der Waals surface area contributed by atoms with Crippen LogP contribution in [-0.4, -0.2) is 393 Å². The number of thioether (sulfide) groups is 8. The molecule has 8 unspecified atom stereocenters. The van der Waals surface area contributed by atoms with E-state index >= 15 is 0 Å². The van der Waals surface area contributed by atoms with Crippen molar-refractivity contribution >= 4 is 190 Å². The first-order valence-corrected chi connectivity index (χ1v) is 45.0. The van der Waals surface area contributed by atoms with Crippen LogP contribution < -0.4 is 0 Å². The van der Waals surface area contributed by atoms with E-state index in [0.717, 1.165) is 94.1 Å². The van der Waals surface area contributed by atoms with Crippen LogP contribution in [0.2, 0.25) is 0 Å². The lowest BCUT2D eigenvalue weighted by molar-refractivity contribution is -0.374. The van der Waals surface area contributed by atoms with E-state index in [-0.39, 0.29) is 137 Å². The predicted molar refractivity (Wildman–Crippen MR) is 424 cm³/mol. The molecule has 119 heavy (non-hydrogen) atoms. The number of ether oxygens (including phenoxy) is 11. The minimum absolute atomic E-state index is 0.00634. The van der Waals surface area contributed by atoms with Crippen molar-refractivity contribution in [3.63, 3.8) is 0 Å². The van der Waals surface area contributed by atoms with Gasteiger partial charge in [0.2, 0.25) is 0 Å². The van der Waals surface area contributed by atoms with Gasteiger partial charge in [0.05, 0.1) is 71.2 Å². The molecule has 0 radical (unpaired) electrons. The zero-order chi connectivity index (χ0) is 89.1. The standard InChI is InChI=1S/C68H102O43S8/c69-45(70)25-37(59(85)86)112-17-1-9-101-33-35-53(103-11-3-19-114-39(61(89)90)27-47(73)74)55(104-12-4-20-115-40(62(91)92)28-48(75)76)58(107-15-7-23-118-43(65(97)98)31-51(81)82)68(110-35)111-54-36(34-102-10-2-18-113-38(60(87)88)26-46(71)72)109-67(108-16-8-24-119-44(66(99)100)32-52(83)84)57(106-14-6-22-117-42(64(95)96)30-50(79)80)56(54)105-13-5-21-116-41(63(93)94)29-49(77)78/h35-44,53-58,67-68H,1-34H2,(H,69,70)(H,71,72)(H,73,74)(H,75,76)(H,77,78)(H,79,80)(H,81,82)(H,83,84)(H,85,86)(H,87,88)(H,89,90)(H,91,92)(H,93,94)(H,95,96)(H,97,98)(H,99,100)/t35-,36-,37?,38?,39?,40?,41?,42?,43?,44?,53-,54-,55+,56+,57-,58-,67+,68+/m1/s1. The molecule has 51 heteroatoms. The molecule has 0 aromatic heterocycles. The molecular formula is C68H102O43S8. The third-order valence-corrected chi connectivity index (χ3v) is 26.5. The Kier molecular flexibility index (Phi) is 56.8. The van der Waals surface area contributed by atoms with Crippen LogP contribution in [0, 0.1) is 0 Å². The molecule has 2 heterocycles. The first kappa shape index (κ1) is 109. The molecule has 0 aromatic rings. The summed E-state index contributed by atoms with van der Waals surface area (Å²) in [5.74, 6) is -23.6. The monoisotopic (exact) mass is 1860 g/mol. The fourth-order valence-corrected chi connectivity index (χ4v) is 18.5. The van der Waals surface area contributed by atoms with Crippen LogP contribution in [0.15, 0.2) is 0 Å². The molecule has 680 valence electrons. The highest BCUT2D eigenvalue weighted by atomic mass is 32.2. The zero-order valence-corrected chi connectivity index (χ0v) is 70.4. The quantitative estimate of drug-likeness (QED) is 0.0389. The van der Waals surface area contributed by atoms with E-state index in [1.165, 1.54) is 0 Å². The molecule has 2 fully saturated rings. The average molecular weight is 1860 g/mol. The number of carboxylic acids is 16. The van der Waals surface area contributed by atoms with Crippen LogP contribution in [0.25, 0.3) is 0 Å². The summed E-state index contributed by atoms with van der Waals surface area (Å²) in [6, 6.07) is 0. The van der Waals surface area contributed by atoms with Gasteiger partial charge in [-0.15, -0.1) is 94.1 Å². The zero-order valence-electron chi connectivity index (χ0n) is 63.9. The second kappa shape index (κ2) is 62.1. The molecule has 0 bridgehead atoms.